The predicted molar refractivity (Wildman–Crippen MR) is 142 cm³/mol. The van der Waals surface area contributed by atoms with E-state index >= 15 is 0 Å². The molecule has 1 aliphatic rings. The molecule has 1 heterocycles. The summed E-state index contributed by atoms with van der Waals surface area (Å²) in [4.78, 5) is 39.4. The molecule has 0 atom stereocenters. The van der Waals surface area contributed by atoms with Crippen LogP contribution in [0.1, 0.15) is 44.7 Å². The Labute approximate surface area is 224 Å². The molecule has 0 unspecified atom stereocenters. The molecule has 0 radical (unpaired) electrons. The zero-order valence-electron chi connectivity index (χ0n) is 21.4. The number of nitrogens with zero attached hydrogens (tertiary/aromatic N) is 1. The van der Waals surface area contributed by atoms with Crippen molar-refractivity contribution in [2.24, 2.45) is 0 Å². The van der Waals surface area contributed by atoms with E-state index in [0.717, 1.165) is 17.7 Å². The second-order valence-electron chi connectivity index (χ2n) is 8.15. The monoisotopic (exact) mass is 574 g/mol. The zero-order chi connectivity index (χ0) is 26.9. The van der Waals surface area contributed by atoms with Crippen LogP contribution >= 0.6 is 15.9 Å². The van der Waals surface area contributed by atoms with E-state index in [4.69, 9.17) is 18.9 Å². The Balaban J connectivity index is 1.90. The van der Waals surface area contributed by atoms with Crippen LogP contribution in [-0.4, -0.2) is 49.7 Å². The first-order chi connectivity index (χ1) is 17.8. The second kappa shape index (κ2) is 13.1. The molecule has 0 bridgehead atoms. The van der Waals surface area contributed by atoms with Gasteiger partial charge in [-0.15, -0.1) is 0 Å². The number of ether oxygens (including phenoxy) is 4. The Kier molecular flexibility index (Phi) is 9.96. The summed E-state index contributed by atoms with van der Waals surface area (Å²) in [5, 5.41) is 2.25. The number of halogens is 1. The number of imide groups is 2. The van der Waals surface area contributed by atoms with Gasteiger partial charge in [-0.1, -0.05) is 19.9 Å². The van der Waals surface area contributed by atoms with Crippen molar-refractivity contribution in [3.63, 3.8) is 0 Å². The number of benzene rings is 2. The van der Waals surface area contributed by atoms with E-state index in [-0.39, 0.29) is 12.1 Å². The van der Waals surface area contributed by atoms with Gasteiger partial charge >= 0.3 is 6.03 Å². The number of carbonyl (C=O) groups is 3. The van der Waals surface area contributed by atoms with Crippen LogP contribution in [-0.2, 0) is 16.1 Å². The zero-order valence-corrected chi connectivity index (χ0v) is 23.0. The maximum Gasteiger partial charge on any atom is 0.331 e. The van der Waals surface area contributed by atoms with Crippen LogP contribution in [0.3, 0.4) is 0 Å². The highest BCUT2D eigenvalue weighted by Crippen LogP contribution is 2.38. The van der Waals surface area contributed by atoms with Crippen molar-refractivity contribution in [3.05, 3.63) is 51.5 Å². The predicted octanol–water partition coefficient (Wildman–Crippen LogP) is 5.10. The van der Waals surface area contributed by atoms with Crippen LogP contribution < -0.4 is 24.3 Å². The minimum atomic E-state index is -0.795. The molecule has 1 saturated heterocycles. The van der Waals surface area contributed by atoms with Gasteiger partial charge in [-0.3, -0.25) is 19.8 Å². The van der Waals surface area contributed by atoms with Gasteiger partial charge in [0.2, 0.25) is 0 Å². The fourth-order valence-corrected chi connectivity index (χ4v) is 4.18. The molecule has 2 aromatic rings. The first-order valence-electron chi connectivity index (χ1n) is 12.1. The average Bonchev–Trinajstić information content (AvgIpc) is 2.87. The van der Waals surface area contributed by atoms with Gasteiger partial charge in [0.25, 0.3) is 11.8 Å². The molecule has 1 N–H and O–H groups in total. The van der Waals surface area contributed by atoms with E-state index in [2.05, 4.69) is 21.2 Å². The lowest BCUT2D eigenvalue weighted by Gasteiger charge is -2.26. The smallest absolute Gasteiger partial charge is 0.331 e. The Morgan fingerprint density at radius 2 is 1.65 bits per heavy atom. The molecule has 198 valence electrons. The van der Waals surface area contributed by atoms with E-state index in [1.165, 1.54) is 13.2 Å². The van der Waals surface area contributed by atoms with Gasteiger partial charge in [0.15, 0.2) is 23.0 Å². The Morgan fingerprint density at radius 1 is 0.919 bits per heavy atom. The number of nitrogens with one attached hydrogen (secondary N) is 1. The molecule has 10 heteroatoms. The number of rotatable bonds is 12. The minimum absolute atomic E-state index is 0.0581. The molecule has 37 heavy (non-hydrogen) atoms. The molecule has 1 aliphatic heterocycles. The summed E-state index contributed by atoms with van der Waals surface area (Å²) in [6.07, 6.45) is 3.09. The summed E-state index contributed by atoms with van der Waals surface area (Å²) < 4.78 is 23.2. The molecule has 1 fully saturated rings. The van der Waals surface area contributed by atoms with E-state index in [9.17, 15) is 14.4 Å². The molecule has 0 aliphatic carbocycles. The molecule has 2 aromatic carbocycles. The van der Waals surface area contributed by atoms with Crippen LogP contribution in [0.2, 0.25) is 0 Å². The molecule has 0 spiro atoms. The molecule has 4 amide bonds. The largest absolute Gasteiger partial charge is 0.493 e. The maximum absolute atomic E-state index is 13.3. The fraction of sp³-hybridized carbons (Fsp3) is 0.370. The van der Waals surface area contributed by atoms with Crippen LogP contribution in [0.5, 0.6) is 23.0 Å². The summed E-state index contributed by atoms with van der Waals surface area (Å²) in [6, 6.07) is 7.79. The van der Waals surface area contributed by atoms with Crippen molar-refractivity contribution in [1.82, 2.24) is 10.2 Å². The van der Waals surface area contributed by atoms with E-state index in [1.54, 1.807) is 30.3 Å². The first kappa shape index (κ1) is 28.0. The third kappa shape index (κ3) is 6.82. The molecular weight excluding hydrogens is 544 g/mol. The summed E-state index contributed by atoms with van der Waals surface area (Å²) in [6.45, 7) is 7.23. The summed E-state index contributed by atoms with van der Waals surface area (Å²) >= 11 is 3.49. The van der Waals surface area contributed by atoms with Crippen molar-refractivity contribution in [2.45, 2.75) is 40.2 Å². The SMILES string of the molecule is CCCOc1ccc(CN2C(=O)NC(=O)/C(=C\c3cc(Br)c(OCCC)c(OCC)c3)C2=O)cc1OC. The van der Waals surface area contributed by atoms with Crippen LogP contribution in [0.25, 0.3) is 6.08 Å². The number of methoxy groups -OCH3 is 1. The van der Waals surface area contributed by atoms with Gasteiger partial charge in [0, 0.05) is 0 Å². The number of hydrogen-bond donors (Lipinski definition) is 1. The van der Waals surface area contributed by atoms with Crippen molar-refractivity contribution < 1.29 is 33.3 Å². The highest BCUT2D eigenvalue weighted by molar-refractivity contribution is 9.10. The van der Waals surface area contributed by atoms with Crippen molar-refractivity contribution in [2.75, 3.05) is 26.9 Å². The number of urea groups is 1. The molecular formula is C27H31BrN2O7. The summed E-state index contributed by atoms with van der Waals surface area (Å²) in [5.41, 5.74) is 0.994. The van der Waals surface area contributed by atoms with Gasteiger partial charge in [-0.2, -0.15) is 0 Å². The fourth-order valence-electron chi connectivity index (χ4n) is 3.61. The number of hydrogen-bond acceptors (Lipinski definition) is 7. The molecule has 9 nitrogen and oxygen atoms in total. The standard InChI is InChI=1S/C27H31BrN2O7/c1-5-10-36-21-9-8-17(14-22(21)34-4)16-30-26(32)19(25(31)29-27(30)33)12-18-13-20(28)24(37-11-6-2)23(15-18)35-7-3/h8-9,12-15H,5-7,10-11,16H2,1-4H3,(H,29,31,33)/b19-12+. The van der Waals surface area contributed by atoms with Gasteiger partial charge < -0.3 is 18.9 Å². The quantitative estimate of drug-likeness (QED) is 0.278. The first-order valence-corrected chi connectivity index (χ1v) is 12.9. The number of barbiturate groups is 1. The number of amides is 4. The van der Waals surface area contributed by atoms with Crippen LogP contribution in [0, 0.1) is 0 Å². The van der Waals surface area contributed by atoms with E-state index < -0.39 is 17.8 Å². The summed E-state index contributed by atoms with van der Waals surface area (Å²) in [7, 11) is 1.52. The Morgan fingerprint density at radius 3 is 2.32 bits per heavy atom. The minimum Gasteiger partial charge on any atom is -0.493 e. The molecule has 3 rings (SSSR count). The third-order valence-electron chi connectivity index (χ3n) is 5.31. The average molecular weight is 575 g/mol. The van der Waals surface area contributed by atoms with E-state index in [1.807, 2.05) is 20.8 Å². The van der Waals surface area contributed by atoms with Crippen LogP contribution in [0.4, 0.5) is 4.79 Å². The van der Waals surface area contributed by atoms with Gasteiger partial charge in [-0.05, 0) is 77.2 Å². The highest BCUT2D eigenvalue weighted by Gasteiger charge is 2.36. The lowest BCUT2D eigenvalue weighted by atomic mass is 10.1. The number of carbonyl (C=O) groups excluding carboxylic acids is 3. The lowest BCUT2D eigenvalue weighted by molar-refractivity contribution is -0.130. The topological polar surface area (TPSA) is 103 Å². The van der Waals surface area contributed by atoms with Crippen molar-refractivity contribution in [1.29, 1.82) is 0 Å². The highest BCUT2D eigenvalue weighted by atomic mass is 79.9. The van der Waals surface area contributed by atoms with Gasteiger partial charge in [-0.25, -0.2) is 4.79 Å². The van der Waals surface area contributed by atoms with Gasteiger partial charge in [0.1, 0.15) is 5.57 Å². The normalized spacial score (nSPS) is 14.6. The molecule has 0 aromatic heterocycles. The Hall–Kier alpha value is -3.53. The van der Waals surface area contributed by atoms with Crippen molar-refractivity contribution >= 4 is 39.9 Å². The van der Waals surface area contributed by atoms with Gasteiger partial charge in [0.05, 0.1) is 37.9 Å². The Bertz CT molecular complexity index is 1200. The molecule has 0 saturated carbocycles. The van der Waals surface area contributed by atoms with Crippen LogP contribution in [0.15, 0.2) is 40.4 Å². The van der Waals surface area contributed by atoms with E-state index in [0.29, 0.717) is 58.4 Å². The second-order valence-corrected chi connectivity index (χ2v) is 9.01. The lowest BCUT2D eigenvalue weighted by Crippen LogP contribution is -2.53. The third-order valence-corrected chi connectivity index (χ3v) is 5.90. The van der Waals surface area contributed by atoms with Crippen molar-refractivity contribution in [3.8, 4) is 23.0 Å². The summed E-state index contributed by atoms with van der Waals surface area (Å²) in [5.74, 6) is 0.599. The maximum atomic E-state index is 13.3.